The van der Waals surface area contributed by atoms with Crippen molar-refractivity contribution < 1.29 is 12.8 Å². The lowest BCUT2D eigenvalue weighted by atomic mass is 10.2. The Kier molecular flexibility index (Phi) is 11.1. The standard InChI is InChI=1S/C15H25FN4O2S.HI/c1-4-20(23(3,21)22)11-7-10-18-15(17-2)19-12-13-8-5-6-9-14(13)16;/h5-6,8-9H,4,7,10-12H2,1-3H3,(H2,17,18,19);1H. The first kappa shape index (κ1) is 23.1. The molecule has 0 aliphatic carbocycles. The fourth-order valence-electron chi connectivity index (χ4n) is 2.06. The topological polar surface area (TPSA) is 73.8 Å². The molecule has 0 radical (unpaired) electrons. The van der Waals surface area contributed by atoms with Crippen LogP contribution in [0, 0.1) is 5.82 Å². The fraction of sp³-hybridized carbons (Fsp3) is 0.533. The molecule has 6 nitrogen and oxygen atoms in total. The van der Waals surface area contributed by atoms with Crippen molar-refractivity contribution in [1.29, 1.82) is 0 Å². The van der Waals surface area contributed by atoms with Gasteiger partial charge in [0.15, 0.2) is 5.96 Å². The first-order valence-electron chi connectivity index (χ1n) is 7.51. The lowest BCUT2D eigenvalue weighted by Crippen LogP contribution is -2.39. The molecular weight excluding hydrogens is 446 g/mol. The first-order valence-corrected chi connectivity index (χ1v) is 9.36. The van der Waals surface area contributed by atoms with Crippen molar-refractivity contribution in [3.8, 4) is 0 Å². The predicted molar refractivity (Wildman–Crippen MR) is 107 cm³/mol. The van der Waals surface area contributed by atoms with Gasteiger partial charge in [-0.25, -0.2) is 17.1 Å². The maximum absolute atomic E-state index is 13.5. The van der Waals surface area contributed by atoms with Crippen molar-refractivity contribution in [1.82, 2.24) is 14.9 Å². The van der Waals surface area contributed by atoms with E-state index in [0.29, 0.717) is 44.1 Å². The maximum Gasteiger partial charge on any atom is 0.211 e. The van der Waals surface area contributed by atoms with Crippen LogP contribution in [0.25, 0.3) is 0 Å². The molecule has 0 aromatic heterocycles. The molecule has 0 aliphatic heterocycles. The number of rotatable bonds is 8. The number of nitrogens with one attached hydrogen (secondary N) is 2. The van der Waals surface area contributed by atoms with Gasteiger partial charge in [0.2, 0.25) is 10.0 Å². The second kappa shape index (κ2) is 11.6. The number of hydrogen-bond donors (Lipinski definition) is 2. The van der Waals surface area contributed by atoms with E-state index in [1.165, 1.54) is 16.6 Å². The summed E-state index contributed by atoms with van der Waals surface area (Å²) in [6.07, 6.45) is 1.86. The highest BCUT2D eigenvalue weighted by atomic mass is 127. The van der Waals surface area contributed by atoms with Crippen LogP contribution in [-0.4, -0.2) is 51.6 Å². The number of halogens is 2. The second-order valence-electron chi connectivity index (χ2n) is 5.05. The van der Waals surface area contributed by atoms with Gasteiger partial charge < -0.3 is 10.6 Å². The highest BCUT2D eigenvalue weighted by Crippen LogP contribution is 2.05. The molecule has 2 N–H and O–H groups in total. The van der Waals surface area contributed by atoms with Gasteiger partial charge in [-0.15, -0.1) is 24.0 Å². The Hall–Kier alpha value is -0.940. The Bertz CT molecular complexity index is 626. The molecule has 9 heteroatoms. The molecule has 0 atom stereocenters. The van der Waals surface area contributed by atoms with Crippen molar-refractivity contribution in [2.75, 3.05) is 32.9 Å². The van der Waals surface area contributed by atoms with Gasteiger partial charge in [0.05, 0.1) is 6.26 Å². The van der Waals surface area contributed by atoms with Gasteiger partial charge >= 0.3 is 0 Å². The van der Waals surface area contributed by atoms with Gasteiger partial charge in [0.25, 0.3) is 0 Å². The van der Waals surface area contributed by atoms with Crippen LogP contribution in [0.3, 0.4) is 0 Å². The minimum atomic E-state index is -3.15. The zero-order valence-corrected chi connectivity index (χ0v) is 17.4. The zero-order chi connectivity index (χ0) is 17.3. The summed E-state index contributed by atoms with van der Waals surface area (Å²) in [5, 5.41) is 6.11. The molecule has 138 valence electrons. The Balaban J connectivity index is 0.00000529. The first-order chi connectivity index (χ1) is 10.9. The molecule has 0 unspecified atom stereocenters. The molecule has 1 rings (SSSR count). The number of aliphatic imine (C=N–C) groups is 1. The van der Waals surface area contributed by atoms with E-state index in [9.17, 15) is 12.8 Å². The number of nitrogens with zero attached hydrogens (tertiary/aromatic N) is 2. The molecule has 0 heterocycles. The highest BCUT2D eigenvalue weighted by molar-refractivity contribution is 14.0. The molecule has 1 aromatic carbocycles. The molecular formula is C15H26FIN4O2S. The van der Waals surface area contributed by atoms with Crippen molar-refractivity contribution in [3.63, 3.8) is 0 Å². The summed E-state index contributed by atoms with van der Waals surface area (Å²) in [6, 6.07) is 6.55. The average Bonchev–Trinajstić information content (AvgIpc) is 2.50. The Morgan fingerprint density at radius 1 is 1.29 bits per heavy atom. The van der Waals surface area contributed by atoms with E-state index >= 15 is 0 Å². The summed E-state index contributed by atoms with van der Waals surface area (Å²) in [6.45, 7) is 3.62. The van der Waals surface area contributed by atoms with E-state index in [2.05, 4.69) is 15.6 Å². The minimum absolute atomic E-state index is 0. The largest absolute Gasteiger partial charge is 0.356 e. The van der Waals surface area contributed by atoms with Gasteiger partial charge in [-0.1, -0.05) is 25.1 Å². The van der Waals surface area contributed by atoms with Crippen molar-refractivity contribution in [2.45, 2.75) is 19.9 Å². The highest BCUT2D eigenvalue weighted by Gasteiger charge is 2.13. The molecule has 0 bridgehead atoms. The molecule has 0 spiro atoms. The third kappa shape index (κ3) is 8.25. The summed E-state index contributed by atoms with van der Waals surface area (Å²) in [7, 11) is -1.52. The summed E-state index contributed by atoms with van der Waals surface area (Å²) >= 11 is 0. The van der Waals surface area contributed by atoms with Crippen LogP contribution in [0.4, 0.5) is 4.39 Å². The van der Waals surface area contributed by atoms with Crippen LogP contribution in [0.5, 0.6) is 0 Å². The smallest absolute Gasteiger partial charge is 0.211 e. The van der Waals surface area contributed by atoms with Crippen LogP contribution >= 0.6 is 24.0 Å². The van der Waals surface area contributed by atoms with Crippen LogP contribution in [0.15, 0.2) is 29.3 Å². The SMILES string of the molecule is CCN(CCCNC(=NC)NCc1ccccc1F)S(C)(=O)=O.I. The molecule has 0 saturated heterocycles. The van der Waals surface area contributed by atoms with Gasteiger partial charge in [-0.3, -0.25) is 4.99 Å². The Morgan fingerprint density at radius 3 is 2.50 bits per heavy atom. The molecule has 0 amide bonds. The second-order valence-corrected chi connectivity index (χ2v) is 7.03. The number of hydrogen-bond acceptors (Lipinski definition) is 3. The molecule has 0 saturated carbocycles. The van der Waals surface area contributed by atoms with Crippen molar-refractivity contribution in [3.05, 3.63) is 35.6 Å². The minimum Gasteiger partial charge on any atom is -0.356 e. The third-order valence-corrected chi connectivity index (χ3v) is 4.70. The van der Waals surface area contributed by atoms with E-state index in [0.717, 1.165) is 0 Å². The van der Waals surface area contributed by atoms with Gasteiger partial charge in [0, 0.05) is 38.8 Å². The number of guanidine groups is 1. The maximum atomic E-state index is 13.5. The monoisotopic (exact) mass is 472 g/mol. The van der Waals surface area contributed by atoms with Crippen LogP contribution in [0.1, 0.15) is 18.9 Å². The number of sulfonamides is 1. The van der Waals surface area contributed by atoms with Crippen LogP contribution in [-0.2, 0) is 16.6 Å². The lowest BCUT2D eigenvalue weighted by Gasteiger charge is -2.18. The summed E-state index contributed by atoms with van der Waals surface area (Å²) in [4.78, 5) is 4.06. The molecule has 1 aromatic rings. The normalized spacial score (nSPS) is 12.0. The average molecular weight is 472 g/mol. The quantitative estimate of drug-likeness (QED) is 0.262. The Morgan fingerprint density at radius 2 is 1.96 bits per heavy atom. The van der Waals surface area contributed by atoms with Gasteiger partial charge in [-0.05, 0) is 12.5 Å². The molecule has 0 aliphatic rings. The van der Waals surface area contributed by atoms with E-state index in [-0.39, 0.29) is 29.8 Å². The van der Waals surface area contributed by atoms with Gasteiger partial charge in [-0.2, -0.15) is 0 Å². The lowest BCUT2D eigenvalue weighted by molar-refractivity contribution is 0.424. The fourth-order valence-corrected chi connectivity index (χ4v) is 2.99. The van der Waals surface area contributed by atoms with E-state index in [1.807, 2.05) is 6.92 Å². The van der Waals surface area contributed by atoms with E-state index in [1.54, 1.807) is 25.2 Å². The Labute approximate surface area is 161 Å². The summed E-state index contributed by atoms with van der Waals surface area (Å²) in [5.74, 6) is 0.290. The predicted octanol–water partition coefficient (Wildman–Crippen LogP) is 1.78. The zero-order valence-electron chi connectivity index (χ0n) is 14.3. The number of benzene rings is 1. The van der Waals surface area contributed by atoms with Crippen molar-refractivity contribution in [2.24, 2.45) is 4.99 Å². The van der Waals surface area contributed by atoms with Crippen LogP contribution in [0.2, 0.25) is 0 Å². The summed E-state index contributed by atoms with van der Waals surface area (Å²) in [5.41, 5.74) is 0.560. The van der Waals surface area contributed by atoms with E-state index in [4.69, 9.17) is 0 Å². The third-order valence-electron chi connectivity index (χ3n) is 3.33. The van der Waals surface area contributed by atoms with E-state index < -0.39 is 10.0 Å². The van der Waals surface area contributed by atoms with Crippen LogP contribution < -0.4 is 10.6 Å². The van der Waals surface area contributed by atoms with Crippen molar-refractivity contribution >= 4 is 40.0 Å². The summed E-state index contributed by atoms with van der Waals surface area (Å²) < 4.78 is 37.9. The molecule has 0 fully saturated rings. The van der Waals surface area contributed by atoms with Gasteiger partial charge in [0.1, 0.15) is 5.82 Å². The molecule has 24 heavy (non-hydrogen) atoms.